The summed E-state index contributed by atoms with van der Waals surface area (Å²) in [5, 5.41) is 15.4. The van der Waals surface area contributed by atoms with E-state index in [0.717, 1.165) is 16.7 Å². The molecule has 2 aromatic heterocycles. The van der Waals surface area contributed by atoms with Gasteiger partial charge in [0.05, 0.1) is 17.4 Å². The van der Waals surface area contributed by atoms with Crippen molar-refractivity contribution in [3.05, 3.63) is 48.3 Å². The molecule has 0 radical (unpaired) electrons. The average Bonchev–Trinajstić information content (AvgIpc) is 2.82. The van der Waals surface area contributed by atoms with Gasteiger partial charge in [0, 0.05) is 0 Å². The van der Waals surface area contributed by atoms with Crippen molar-refractivity contribution in [2.45, 2.75) is 0 Å². The number of nitrogen functional groups attached to an aromatic ring is 1. The molecule has 1 aromatic carbocycles. The Morgan fingerprint density at radius 3 is 2.72 bits per heavy atom. The monoisotopic (exact) mass is 238 g/mol. The van der Waals surface area contributed by atoms with Crippen LogP contribution in [0.3, 0.4) is 0 Å². The molecule has 0 aliphatic heterocycles. The molecule has 6 heteroatoms. The van der Waals surface area contributed by atoms with Crippen LogP contribution in [0, 0.1) is 5.41 Å². The Bertz CT molecular complexity index is 713. The highest BCUT2D eigenvalue weighted by molar-refractivity contribution is 5.93. The highest BCUT2D eigenvalue weighted by Gasteiger charge is 2.06. The number of pyridine rings is 1. The topological polar surface area (TPSA) is 93.5 Å². The minimum Gasteiger partial charge on any atom is -0.382 e. The maximum atomic E-state index is 7.29. The number of nitrogens with two attached hydrogens (primary N) is 1. The Morgan fingerprint density at radius 1 is 1.17 bits per heavy atom. The zero-order valence-electron chi connectivity index (χ0n) is 9.41. The van der Waals surface area contributed by atoms with E-state index in [0.29, 0.717) is 5.69 Å². The van der Waals surface area contributed by atoms with Crippen molar-refractivity contribution < 1.29 is 0 Å². The van der Waals surface area contributed by atoms with Crippen LogP contribution in [0.4, 0.5) is 0 Å². The van der Waals surface area contributed by atoms with Gasteiger partial charge in [-0.25, -0.2) is 4.68 Å². The van der Waals surface area contributed by atoms with Crippen molar-refractivity contribution in [3.8, 4) is 5.69 Å². The van der Waals surface area contributed by atoms with E-state index in [1.807, 2.05) is 30.3 Å². The lowest BCUT2D eigenvalue weighted by molar-refractivity contribution is 0.819. The Kier molecular flexibility index (Phi) is 2.26. The Balaban J connectivity index is 2.12. The lowest BCUT2D eigenvalue weighted by atomic mass is 10.3. The summed E-state index contributed by atoms with van der Waals surface area (Å²) in [6.07, 6.45) is 1.62. The number of benzene rings is 1. The average molecular weight is 238 g/mol. The van der Waals surface area contributed by atoms with E-state index in [1.165, 1.54) is 0 Å². The van der Waals surface area contributed by atoms with Crippen molar-refractivity contribution in [2.24, 2.45) is 5.73 Å². The van der Waals surface area contributed by atoms with Gasteiger partial charge in [0.25, 0.3) is 0 Å². The second kappa shape index (κ2) is 3.92. The Labute approximate surface area is 103 Å². The number of aromatic nitrogens is 4. The molecule has 0 aliphatic rings. The molecule has 0 aliphatic carbocycles. The normalized spacial score (nSPS) is 10.7. The molecule has 3 N–H and O–H groups in total. The van der Waals surface area contributed by atoms with Gasteiger partial charge in [-0.15, -0.1) is 5.10 Å². The molecule has 0 saturated heterocycles. The minimum atomic E-state index is -0.0509. The third kappa shape index (κ3) is 1.60. The fourth-order valence-corrected chi connectivity index (χ4v) is 1.73. The third-order valence-corrected chi connectivity index (χ3v) is 2.62. The number of para-hydroxylation sites is 1. The summed E-state index contributed by atoms with van der Waals surface area (Å²) in [6, 6.07) is 11.2. The van der Waals surface area contributed by atoms with E-state index >= 15 is 0 Å². The Morgan fingerprint density at radius 2 is 2.00 bits per heavy atom. The van der Waals surface area contributed by atoms with Gasteiger partial charge < -0.3 is 5.73 Å². The van der Waals surface area contributed by atoms with Crippen molar-refractivity contribution in [1.82, 2.24) is 20.0 Å². The molecule has 0 atom stereocenters. The van der Waals surface area contributed by atoms with Gasteiger partial charge >= 0.3 is 0 Å². The molecule has 18 heavy (non-hydrogen) atoms. The molecule has 0 fully saturated rings. The molecule has 6 nitrogen and oxygen atoms in total. The number of nitrogens with one attached hydrogen (secondary N) is 1. The van der Waals surface area contributed by atoms with E-state index in [9.17, 15) is 0 Å². The van der Waals surface area contributed by atoms with Crippen LogP contribution in [-0.2, 0) is 0 Å². The molecule has 88 valence electrons. The summed E-state index contributed by atoms with van der Waals surface area (Å²) in [5.41, 5.74) is 8.33. The quantitative estimate of drug-likeness (QED) is 0.516. The van der Waals surface area contributed by atoms with E-state index in [2.05, 4.69) is 15.3 Å². The highest BCUT2D eigenvalue weighted by Crippen LogP contribution is 2.15. The lowest BCUT2D eigenvalue weighted by Gasteiger charge is -2.02. The molecule has 3 rings (SSSR count). The summed E-state index contributed by atoms with van der Waals surface area (Å²) in [7, 11) is 0. The lowest BCUT2D eigenvalue weighted by Crippen LogP contribution is -2.13. The summed E-state index contributed by atoms with van der Waals surface area (Å²) in [4.78, 5) is 4.10. The van der Waals surface area contributed by atoms with Crippen LogP contribution in [0.1, 0.15) is 5.69 Å². The predicted molar refractivity (Wildman–Crippen MR) is 67.7 cm³/mol. The van der Waals surface area contributed by atoms with E-state index in [4.69, 9.17) is 11.1 Å². The van der Waals surface area contributed by atoms with Crippen molar-refractivity contribution in [1.29, 1.82) is 5.41 Å². The van der Waals surface area contributed by atoms with Crippen LogP contribution in [0.25, 0.3) is 16.7 Å². The van der Waals surface area contributed by atoms with Crippen molar-refractivity contribution >= 4 is 16.9 Å². The minimum absolute atomic E-state index is 0.0509. The molecular formula is C12H10N6. The number of rotatable bonds is 2. The number of hydrogen-bond acceptors (Lipinski definition) is 4. The van der Waals surface area contributed by atoms with Crippen LogP contribution >= 0.6 is 0 Å². The van der Waals surface area contributed by atoms with Gasteiger partial charge in [-0.1, -0.05) is 17.3 Å². The zero-order chi connectivity index (χ0) is 12.5. The first-order chi connectivity index (χ1) is 8.75. The standard InChI is InChI=1S/C12H10N6/c13-12(14)10-6-5-8(7-15-10)18-11-4-2-1-3-9(11)16-17-18/h1-7H,(H3,13,14). The van der Waals surface area contributed by atoms with Crippen molar-refractivity contribution in [3.63, 3.8) is 0 Å². The second-order valence-corrected chi connectivity index (χ2v) is 3.81. The number of amidine groups is 1. The molecular weight excluding hydrogens is 228 g/mol. The summed E-state index contributed by atoms with van der Waals surface area (Å²) >= 11 is 0. The SMILES string of the molecule is N=C(N)c1ccc(-n2nnc3ccccc32)cn1. The summed E-state index contributed by atoms with van der Waals surface area (Å²) in [5.74, 6) is -0.0509. The van der Waals surface area contributed by atoms with E-state index in [1.54, 1.807) is 16.9 Å². The molecule has 0 spiro atoms. The maximum Gasteiger partial charge on any atom is 0.141 e. The van der Waals surface area contributed by atoms with E-state index in [-0.39, 0.29) is 5.84 Å². The second-order valence-electron chi connectivity index (χ2n) is 3.81. The number of fused-ring (bicyclic) bond motifs is 1. The summed E-state index contributed by atoms with van der Waals surface area (Å²) < 4.78 is 1.70. The first-order valence-electron chi connectivity index (χ1n) is 5.37. The first kappa shape index (κ1) is 10.4. The van der Waals surface area contributed by atoms with Crippen LogP contribution in [0.5, 0.6) is 0 Å². The Hall–Kier alpha value is -2.76. The van der Waals surface area contributed by atoms with Gasteiger partial charge in [0.2, 0.25) is 0 Å². The molecule has 0 saturated carbocycles. The summed E-state index contributed by atoms with van der Waals surface area (Å²) in [6.45, 7) is 0. The fraction of sp³-hybridized carbons (Fsp3) is 0. The molecule has 3 aromatic rings. The molecule has 0 amide bonds. The molecule has 0 unspecified atom stereocenters. The molecule has 0 bridgehead atoms. The van der Waals surface area contributed by atoms with E-state index < -0.39 is 0 Å². The fourth-order valence-electron chi connectivity index (χ4n) is 1.73. The zero-order valence-corrected chi connectivity index (χ0v) is 9.41. The number of hydrogen-bond donors (Lipinski definition) is 2. The van der Waals surface area contributed by atoms with Gasteiger partial charge in [-0.2, -0.15) is 0 Å². The van der Waals surface area contributed by atoms with Crippen LogP contribution in [0.2, 0.25) is 0 Å². The number of nitrogens with zero attached hydrogens (tertiary/aromatic N) is 4. The van der Waals surface area contributed by atoms with Crippen LogP contribution in [0.15, 0.2) is 42.6 Å². The van der Waals surface area contributed by atoms with Crippen LogP contribution in [-0.4, -0.2) is 25.8 Å². The van der Waals surface area contributed by atoms with Gasteiger partial charge in [-0.05, 0) is 24.3 Å². The largest absolute Gasteiger partial charge is 0.382 e. The van der Waals surface area contributed by atoms with Crippen LogP contribution < -0.4 is 5.73 Å². The highest BCUT2D eigenvalue weighted by atomic mass is 15.4. The maximum absolute atomic E-state index is 7.29. The third-order valence-electron chi connectivity index (χ3n) is 2.62. The van der Waals surface area contributed by atoms with Gasteiger partial charge in [0.15, 0.2) is 0 Å². The van der Waals surface area contributed by atoms with Gasteiger partial charge in [-0.3, -0.25) is 10.4 Å². The predicted octanol–water partition coefficient (Wildman–Crippen LogP) is 1.10. The first-order valence-corrected chi connectivity index (χ1v) is 5.37. The smallest absolute Gasteiger partial charge is 0.141 e. The van der Waals surface area contributed by atoms with Crippen molar-refractivity contribution in [2.75, 3.05) is 0 Å². The molecule has 2 heterocycles. The van der Waals surface area contributed by atoms with Gasteiger partial charge in [0.1, 0.15) is 17.0 Å².